The first-order valence-corrected chi connectivity index (χ1v) is 13.1. The van der Waals surface area contributed by atoms with Crippen LogP contribution in [0.3, 0.4) is 0 Å². The van der Waals surface area contributed by atoms with E-state index in [2.05, 4.69) is 4.98 Å². The fraction of sp³-hybridized carbons (Fsp3) is 0.448. The molecule has 0 aliphatic carbocycles. The van der Waals surface area contributed by atoms with Crippen LogP contribution in [0.15, 0.2) is 36.5 Å². The molecule has 2 aromatic carbocycles. The third-order valence-corrected chi connectivity index (χ3v) is 7.88. The van der Waals surface area contributed by atoms with Crippen molar-refractivity contribution in [3.05, 3.63) is 70.7 Å². The number of aliphatic carboxylic acids is 1. The first kappa shape index (κ1) is 28.8. The lowest BCUT2D eigenvalue weighted by Crippen LogP contribution is -2.44. The van der Waals surface area contributed by atoms with Gasteiger partial charge in [0.25, 0.3) is 0 Å². The number of hydrogen-bond donors (Lipinski definition) is 2. The van der Waals surface area contributed by atoms with Crippen LogP contribution in [0.5, 0.6) is 5.75 Å². The van der Waals surface area contributed by atoms with E-state index in [0.29, 0.717) is 78.8 Å². The Bertz CT molecular complexity index is 1300. The molecule has 0 spiro atoms. The molecule has 3 aromatic rings. The summed E-state index contributed by atoms with van der Waals surface area (Å²) >= 11 is 0. The number of benzene rings is 2. The maximum absolute atomic E-state index is 15.8. The minimum Gasteiger partial charge on any atom is -0.497 e. The van der Waals surface area contributed by atoms with Crippen LogP contribution >= 0.6 is 0 Å². The maximum Gasteiger partial charge on any atom is 0.309 e. The Morgan fingerprint density at radius 2 is 1.87 bits per heavy atom. The summed E-state index contributed by atoms with van der Waals surface area (Å²) in [7, 11) is 1.52. The number of carbonyl (C=O) groups is 1. The van der Waals surface area contributed by atoms with Crippen LogP contribution < -0.4 is 10.5 Å². The van der Waals surface area contributed by atoms with Crippen molar-refractivity contribution >= 4 is 16.9 Å². The van der Waals surface area contributed by atoms with E-state index in [9.17, 15) is 23.1 Å². The molecule has 0 bridgehead atoms. The van der Waals surface area contributed by atoms with Gasteiger partial charge in [0.15, 0.2) is 0 Å². The molecule has 3 N–H and O–H groups in total. The van der Waals surface area contributed by atoms with Crippen molar-refractivity contribution in [2.45, 2.75) is 51.2 Å². The molecule has 1 fully saturated rings. The lowest BCUT2D eigenvalue weighted by molar-refractivity contribution is -0.153. The topological polar surface area (TPSA) is 88.7 Å². The number of nitrogens with zero attached hydrogens (tertiary/aromatic N) is 2. The van der Waals surface area contributed by atoms with E-state index in [1.165, 1.54) is 7.11 Å². The van der Waals surface area contributed by atoms with Gasteiger partial charge in [-0.3, -0.25) is 9.78 Å². The molecule has 1 aromatic heterocycles. The maximum atomic E-state index is 15.8. The van der Waals surface area contributed by atoms with Crippen LogP contribution in [0.4, 0.5) is 17.6 Å². The van der Waals surface area contributed by atoms with Crippen LogP contribution in [-0.2, 0) is 17.8 Å². The van der Waals surface area contributed by atoms with Crippen LogP contribution in [0.1, 0.15) is 55.0 Å². The number of fused-ring (bicyclic) bond motifs is 1. The zero-order chi connectivity index (χ0) is 28.2. The predicted molar refractivity (Wildman–Crippen MR) is 140 cm³/mol. The number of rotatable bonds is 11. The second-order valence-corrected chi connectivity index (χ2v) is 10.2. The van der Waals surface area contributed by atoms with Gasteiger partial charge in [-0.25, -0.2) is 17.6 Å². The van der Waals surface area contributed by atoms with E-state index in [1.54, 1.807) is 24.4 Å². The molecule has 210 valence electrons. The summed E-state index contributed by atoms with van der Waals surface area (Å²) in [5.74, 6) is -3.16. The lowest BCUT2D eigenvalue weighted by atomic mass is 9.74. The molecule has 0 saturated carbocycles. The molecule has 2 heterocycles. The van der Waals surface area contributed by atoms with Gasteiger partial charge in [-0.15, -0.1) is 0 Å². The van der Waals surface area contributed by atoms with Gasteiger partial charge in [0.05, 0.1) is 18.0 Å². The zero-order valence-electron chi connectivity index (χ0n) is 21.9. The number of carboxylic acids is 1. The van der Waals surface area contributed by atoms with Gasteiger partial charge in [0, 0.05) is 41.4 Å². The van der Waals surface area contributed by atoms with Crippen molar-refractivity contribution in [1.29, 1.82) is 0 Å². The number of carboxylic acid groups (broad SMARTS) is 1. The Morgan fingerprint density at radius 1 is 1.18 bits per heavy atom. The SMILES string of the molecule is COc1ccc2ncc(CN)c([C@@H](F)CCC3(C(=O)O)CCN(CCCc4c(F)cc(F)cc4F)CC3)c2c1. The van der Waals surface area contributed by atoms with E-state index in [0.717, 1.165) is 0 Å². The zero-order valence-corrected chi connectivity index (χ0v) is 21.9. The van der Waals surface area contributed by atoms with Crippen molar-refractivity contribution in [1.82, 2.24) is 9.88 Å². The summed E-state index contributed by atoms with van der Waals surface area (Å²) in [6, 6.07) is 6.55. The van der Waals surface area contributed by atoms with Gasteiger partial charge >= 0.3 is 5.97 Å². The highest BCUT2D eigenvalue weighted by Crippen LogP contribution is 2.41. The number of aromatic nitrogens is 1. The fourth-order valence-corrected chi connectivity index (χ4v) is 5.51. The molecule has 6 nitrogen and oxygen atoms in total. The number of halogens is 4. The smallest absolute Gasteiger partial charge is 0.309 e. The fourth-order valence-electron chi connectivity index (χ4n) is 5.51. The normalized spacial score (nSPS) is 16.4. The first-order chi connectivity index (χ1) is 18.7. The van der Waals surface area contributed by atoms with Crippen LogP contribution in [0.2, 0.25) is 0 Å². The molecule has 10 heteroatoms. The van der Waals surface area contributed by atoms with E-state index in [-0.39, 0.29) is 31.4 Å². The number of hydrogen-bond acceptors (Lipinski definition) is 5. The second kappa shape index (κ2) is 12.3. The van der Waals surface area contributed by atoms with Crippen molar-refractivity contribution < 1.29 is 32.2 Å². The average molecular weight is 548 g/mol. The number of likely N-dealkylation sites (tertiary alicyclic amines) is 1. The number of piperidine rings is 1. The first-order valence-electron chi connectivity index (χ1n) is 13.1. The Hall–Kier alpha value is -3.24. The van der Waals surface area contributed by atoms with E-state index >= 15 is 4.39 Å². The highest BCUT2D eigenvalue weighted by atomic mass is 19.1. The van der Waals surface area contributed by atoms with Gasteiger partial charge in [-0.05, 0) is 81.9 Å². The molecule has 4 rings (SSSR count). The molecular formula is C29H33F4N3O3. The Labute approximate surface area is 224 Å². The number of methoxy groups -OCH3 is 1. The number of ether oxygens (including phenoxy) is 1. The lowest BCUT2D eigenvalue weighted by Gasteiger charge is -2.39. The number of pyridine rings is 1. The molecule has 39 heavy (non-hydrogen) atoms. The van der Waals surface area contributed by atoms with E-state index in [4.69, 9.17) is 10.5 Å². The summed E-state index contributed by atoms with van der Waals surface area (Å²) in [5, 5.41) is 10.7. The Balaban J connectivity index is 1.39. The van der Waals surface area contributed by atoms with E-state index in [1.807, 2.05) is 4.90 Å². The Kier molecular flexibility index (Phi) is 9.07. The third kappa shape index (κ3) is 6.33. The molecule has 0 amide bonds. The Morgan fingerprint density at radius 3 is 2.49 bits per heavy atom. The quantitative estimate of drug-likeness (QED) is 0.299. The van der Waals surface area contributed by atoms with Crippen molar-refractivity contribution in [3.8, 4) is 5.75 Å². The highest BCUT2D eigenvalue weighted by molar-refractivity contribution is 5.85. The molecule has 1 atom stereocenters. The highest BCUT2D eigenvalue weighted by Gasteiger charge is 2.41. The summed E-state index contributed by atoms with van der Waals surface area (Å²) in [6.07, 6.45) is 1.51. The van der Waals surface area contributed by atoms with Crippen molar-refractivity contribution in [3.63, 3.8) is 0 Å². The minimum absolute atomic E-state index is 0.0126. The monoisotopic (exact) mass is 547 g/mol. The van der Waals surface area contributed by atoms with E-state index < -0.39 is 35.0 Å². The second-order valence-electron chi connectivity index (χ2n) is 10.2. The largest absolute Gasteiger partial charge is 0.497 e. The van der Waals surface area contributed by atoms with Crippen LogP contribution in [0.25, 0.3) is 10.9 Å². The van der Waals surface area contributed by atoms with Gasteiger partial charge in [0.1, 0.15) is 29.4 Å². The van der Waals surface area contributed by atoms with Gasteiger partial charge < -0.3 is 20.5 Å². The molecule has 1 aliphatic heterocycles. The summed E-state index contributed by atoms with van der Waals surface area (Å²) in [6.45, 7) is 1.56. The van der Waals surface area contributed by atoms with Crippen molar-refractivity contribution in [2.24, 2.45) is 11.1 Å². The molecule has 0 unspecified atom stereocenters. The average Bonchev–Trinajstić information content (AvgIpc) is 2.92. The minimum atomic E-state index is -1.43. The standard InChI is InChI=1S/C29H33F4N3O3/c1-39-20-4-5-26-22(15-20)27(18(16-34)17-35-26)23(31)6-7-29(28(37)38)8-11-36(12-9-29)10-2-3-21-24(32)13-19(30)14-25(21)33/h4-5,13-15,17,23H,2-3,6-12,16,34H2,1H3,(H,37,38)/t23-/m0/s1. The van der Waals surface area contributed by atoms with Crippen LogP contribution in [0, 0.1) is 22.9 Å². The van der Waals surface area contributed by atoms with Gasteiger partial charge in [0.2, 0.25) is 0 Å². The summed E-state index contributed by atoms with van der Waals surface area (Å²) in [5.41, 5.74) is 6.25. The number of nitrogens with two attached hydrogens (primary N) is 1. The van der Waals surface area contributed by atoms with Crippen molar-refractivity contribution in [2.75, 3.05) is 26.7 Å². The third-order valence-electron chi connectivity index (χ3n) is 7.88. The molecule has 0 radical (unpaired) electrons. The number of alkyl halides is 1. The van der Waals surface area contributed by atoms with Gasteiger partial charge in [-0.1, -0.05) is 0 Å². The molecular weight excluding hydrogens is 514 g/mol. The predicted octanol–water partition coefficient (Wildman–Crippen LogP) is 5.71. The summed E-state index contributed by atoms with van der Waals surface area (Å²) < 4.78 is 62.1. The molecule has 1 saturated heterocycles. The molecule has 1 aliphatic rings. The summed E-state index contributed by atoms with van der Waals surface area (Å²) in [4.78, 5) is 18.8. The van der Waals surface area contributed by atoms with Crippen LogP contribution in [-0.4, -0.2) is 47.7 Å². The van der Waals surface area contributed by atoms with Gasteiger partial charge in [-0.2, -0.15) is 0 Å².